The molecule has 0 aromatic carbocycles. The lowest BCUT2D eigenvalue weighted by atomic mass is 10.3. The number of halogens is 1. The van der Waals surface area contributed by atoms with Gasteiger partial charge in [0.25, 0.3) is 0 Å². The van der Waals surface area contributed by atoms with Gasteiger partial charge in [-0.2, -0.15) is 0 Å². The molecule has 0 aromatic heterocycles. The minimum absolute atomic E-state index is 0. The Morgan fingerprint density at radius 2 is 1.36 bits per heavy atom. The predicted octanol–water partition coefficient (Wildman–Crippen LogP) is -2.37. The Hall–Kier alpha value is 0.400. The van der Waals surface area contributed by atoms with Gasteiger partial charge < -0.3 is 26.2 Å². The Labute approximate surface area is 78.9 Å². The van der Waals surface area contributed by atoms with Crippen molar-refractivity contribution in [1.82, 2.24) is 0 Å². The summed E-state index contributed by atoms with van der Waals surface area (Å²) in [5, 5.41) is 0. The van der Waals surface area contributed by atoms with Gasteiger partial charge in [-0.15, -0.1) is 0 Å². The second-order valence-electron chi connectivity index (χ2n) is 3.56. The maximum atomic E-state index is 5.34. The molecule has 2 nitrogen and oxygen atoms in total. The van der Waals surface area contributed by atoms with Crippen molar-refractivity contribution >= 4 is 0 Å². The molecule has 2 aliphatic rings. The third kappa shape index (κ3) is 1.95. The maximum absolute atomic E-state index is 5.34. The van der Waals surface area contributed by atoms with Crippen molar-refractivity contribution in [2.75, 3.05) is 39.4 Å². The highest BCUT2D eigenvalue weighted by Crippen LogP contribution is 2.20. The van der Waals surface area contributed by atoms with Gasteiger partial charge in [-0.3, -0.25) is 0 Å². The van der Waals surface area contributed by atoms with E-state index in [1.54, 1.807) is 0 Å². The number of hydrogen-bond acceptors (Lipinski definition) is 1. The largest absolute Gasteiger partial charge is 1.00 e. The molecule has 2 rings (SSSR count). The SMILES string of the molecule is C1CC[N+]2(C1)CCOCC2.[Br-]. The van der Waals surface area contributed by atoms with Gasteiger partial charge in [0, 0.05) is 12.8 Å². The molecule has 0 aliphatic carbocycles. The first-order valence-corrected chi connectivity index (χ1v) is 4.34. The first kappa shape index (κ1) is 9.49. The van der Waals surface area contributed by atoms with E-state index in [1.165, 1.54) is 43.5 Å². The van der Waals surface area contributed by atoms with Gasteiger partial charge in [-0.05, 0) is 0 Å². The minimum Gasteiger partial charge on any atom is -1.00 e. The summed E-state index contributed by atoms with van der Waals surface area (Å²) >= 11 is 0. The molecule has 2 fully saturated rings. The number of hydrogen-bond donors (Lipinski definition) is 0. The zero-order valence-corrected chi connectivity index (χ0v) is 8.48. The Kier molecular flexibility index (Phi) is 3.34. The monoisotopic (exact) mass is 221 g/mol. The average molecular weight is 222 g/mol. The van der Waals surface area contributed by atoms with E-state index in [-0.39, 0.29) is 17.0 Å². The zero-order chi connectivity index (χ0) is 6.86. The molecule has 0 N–H and O–H groups in total. The summed E-state index contributed by atoms with van der Waals surface area (Å²) in [5.74, 6) is 0. The fraction of sp³-hybridized carbons (Fsp3) is 1.00. The molecule has 0 bridgehead atoms. The van der Waals surface area contributed by atoms with E-state index >= 15 is 0 Å². The molecule has 3 heteroatoms. The van der Waals surface area contributed by atoms with E-state index in [4.69, 9.17) is 4.74 Å². The van der Waals surface area contributed by atoms with Gasteiger partial charge in [0.1, 0.15) is 13.1 Å². The topological polar surface area (TPSA) is 9.23 Å². The predicted molar refractivity (Wildman–Crippen MR) is 39.8 cm³/mol. The molecule has 2 heterocycles. The molecule has 66 valence electrons. The standard InChI is InChI=1S/C8H16NO.BrH/c1-2-4-9(3-1)5-7-10-8-6-9;/h1-8H2;1H/q+1;/p-1. The van der Waals surface area contributed by atoms with Crippen LogP contribution in [-0.4, -0.2) is 43.9 Å². The molecule has 1 spiro atoms. The Balaban J connectivity index is 0.000000605. The fourth-order valence-electron chi connectivity index (χ4n) is 2.18. The van der Waals surface area contributed by atoms with Crippen LogP contribution in [0.3, 0.4) is 0 Å². The van der Waals surface area contributed by atoms with E-state index < -0.39 is 0 Å². The summed E-state index contributed by atoms with van der Waals surface area (Å²) in [7, 11) is 0. The van der Waals surface area contributed by atoms with Crippen LogP contribution in [0.4, 0.5) is 0 Å². The van der Waals surface area contributed by atoms with E-state index in [2.05, 4.69) is 0 Å². The molecule has 2 saturated heterocycles. The minimum atomic E-state index is 0. The summed E-state index contributed by atoms with van der Waals surface area (Å²) < 4.78 is 6.72. The fourth-order valence-corrected chi connectivity index (χ4v) is 2.18. The van der Waals surface area contributed by atoms with E-state index in [0.717, 1.165) is 13.2 Å². The van der Waals surface area contributed by atoms with Crippen molar-refractivity contribution < 1.29 is 26.2 Å². The summed E-state index contributed by atoms with van der Waals surface area (Å²) in [6.45, 7) is 7.40. The van der Waals surface area contributed by atoms with Crippen LogP contribution in [-0.2, 0) is 4.74 Å². The molecule has 2 aliphatic heterocycles. The number of nitrogens with zero attached hydrogens (tertiary/aromatic N) is 1. The van der Waals surface area contributed by atoms with Crippen molar-refractivity contribution in [3.63, 3.8) is 0 Å². The van der Waals surface area contributed by atoms with Gasteiger partial charge in [0.05, 0.1) is 26.3 Å². The highest BCUT2D eigenvalue weighted by molar-refractivity contribution is 4.57. The summed E-state index contributed by atoms with van der Waals surface area (Å²) in [5.41, 5.74) is 0. The molecule has 0 aromatic rings. The maximum Gasteiger partial charge on any atom is 0.102 e. The number of quaternary nitrogens is 1. The summed E-state index contributed by atoms with van der Waals surface area (Å²) in [6, 6.07) is 0. The van der Waals surface area contributed by atoms with Crippen LogP contribution in [0.25, 0.3) is 0 Å². The summed E-state index contributed by atoms with van der Waals surface area (Å²) in [6.07, 6.45) is 2.89. The van der Waals surface area contributed by atoms with E-state index in [9.17, 15) is 0 Å². The molecular formula is C8H16BrNO. The lowest BCUT2D eigenvalue weighted by molar-refractivity contribution is -0.923. The van der Waals surface area contributed by atoms with E-state index in [1.807, 2.05) is 0 Å². The van der Waals surface area contributed by atoms with Gasteiger partial charge in [0.2, 0.25) is 0 Å². The van der Waals surface area contributed by atoms with Crippen molar-refractivity contribution in [2.24, 2.45) is 0 Å². The first-order chi connectivity index (χ1) is 4.91. The molecule has 0 atom stereocenters. The second kappa shape index (κ2) is 3.87. The number of morpholine rings is 1. The zero-order valence-electron chi connectivity index (χ0n) is 6.89. The van der Waals surface area contributed by atoms with Gasteiger partial charge in [-0.25, -0.2) is 0 Å². The number of rotatable bonds is 0. The highest BCUT2D eigenvalue weighted by atomic mass is 79.9. The smallest absolute Gasteiger partial charge is 0.102 e. The van der Waals surface area contributed by atoms with Gasteiger partial charge >= 0.3 is 0 Å². The van der Waals surface area contributed by atoms with Crippen LogP contribution in [0.1, 0.15) is 12.8 Å². The van der Waals surface area contributed by atoms with E-state index in [0.29, 0.717) is 0 Å². The van der Waals surface area contributed by atoms with Crippen molar-refractivity contribution in [3.05, 3.63) is 0 Å². The average Bonchev–Trinajstić information content (AvgIpc) is 2.39. The molecule has 0 unspecified atom stereocenters. The van der Waals surface area contributed by atoms with Gasteiger partial charge in [0.15, 0.2) is 0 Å². The summed E-state index contributed by atoms with van der Waals surface area (Å²) in [4.78, 5) is 0. The van der Waals surface area contributed by atoms with Crippen molar-refractivity contribution in [2.45, 2.75) is 12.8 Å². The molecule has 0 amide bonds. The highest BCUT2D eigenvalue weighted by Gasteiger charge is 2.33. The van der Waals surface area contributed by atoms with Gasteiger partial charge in [-0.1, -0.05) is 0 Å². The molecular weight excluding hydrogens is 206 g/mol. The number of ether oxygens (including phenoxy) is 1. The Bertz CT molecular complexity index is 115. The van der Waals surface area contributed by atoms with Crippen LogP contribution in [0.2, 0.25) is 0 Å². The third-order valence-corrected chi connectivity index (χ3v) is 2.93. The lowest BCUT2D eigenvalue weighted by Gasteiger charge is -2.37. The normalized spacial score (nSPS) is 28.4. The van der Waals surface area contributed by atoms with Crippen LogP contribution >= 0.6 is 0 Å². The molecule has 0 radical (unpaired) electrons. The quantitative estimate of drug-likeness (QED) is 0.416. The van der Waals surface area contributed by atoms with Crippen molar-refractivity contribution in [1.29, 1.82) is 0 Å². The third-order valence-electron chi connectivity index (χ3n) is 2.93. The van der Waals surface area contributed by atoms with Crippen LogP contribution < -0.4 is 17.0 Å². The van der Waals surface area contributed by atoms with Crippen molar-refractivity contribution in [3.8, 4) is 0 Å². The molecule has 11 heavy (non-hydrogen) atoms. The lowest BCUT2D eigenvalue weighted by Crippen LogP contribution is -3.00. The Morgan fingerprint density at radius 3 is 1.91 bits per heavy atom. The van der Waals surface area contributed by atoms with Crippen LogP contribution in [0.15, 0.2) is 0 Å². The molecule has 0 saturated carbocycles. The second-order valence-corrected chi connectivity index (χ2v) is 3.56. The Morgan fingerprint density at radius 1 is 0.818 bits per heavy atom. The van der Waals surface area contributed by atoms with Crippen LogP contribution in [0, 0.1) is 0 Å². The first-order valence-electron chi connectivity index (χ1n) is 4.34. The van der Waals surface area contributed by atoms with Crippen LogP contribution in [0.5, 0.6) is 0 Å².